The fourth-order valence-electron chi connectivity index (χ4n) is 3.16. The van der Waals surface area contributed by atoms with Crippen molar-refractivity contribution in [2.24, 2.45) is 5.92 Å². The van der Waals surface area contributed by atoms with Gasteiger partial charge in [0, 0.05) is 17.7 Å². The molecule has 8 nitrogen and oxygen atoms in total. The van der Waals surface area contributed by atoms with Crippen LogP contribution in [0.15, 0.2) is 48.5 Å². The smallest absolute Gasteiger partial charge is 0.422 e. The highest BCUT2D eigenvalue weighted by Crippen LogP contribution is 2.28. The molecule has 2 aromatic heterocycles. The minimum Gasteiger partial charge on any atom is -0.468 e. The van der Waals surface area contributed by atoms with Gasteiger partial charge in [0.15, 0.2) is 6.61 Å². The highest BCUT2D eigenvalue weighted by Gasteiger charge is 2.29. The van der Waals surface area contributed by atoms with Crippen molar-refractivity contribution in [2.75, 3.05) is 11.9 Å². The van der Waals surface area contributed by atoms with E-state index in [9.17, 15) is 27.2 Å². The number of anilines is 1. The Balaban J connectivity index is 1.85. The number of hydrogen-bond donors (Lipinski definition) is 2. The molecule has 0 radical (unpaired) electrons. The minimum atomic E-state index is -4.60. The standard InChI is InChI=1S/C26H26F4N4O4/c1-14(2)23(35)33-21-12-17(11-15(3)31-21)16(4)32-24(36)20-9-10-22(37-13-26(28,29)30)34-25(20)38-19-7-5-18(27)6-8-19/h5-12,14,16H,13H2,1-4H3,(H,32,36)(H,31,33,35). The predicted octanol–water partition coefficient (Wildman–Crippen LogP) is 5.74. The van der Waals surface area contributed by atoms with E-state index < -0.39 is 36.4 Å². The van der Waals surface area contributed by atoms with Gasteiger partial charge >= 0.3 is 6.18 Å². The third-order valence-electron chi connectivity index (χ3n) is 5.09. The minimum absolute atomic E-state index is 0.0976. The lowest BCUT2D eigenvalue weighted by molar-refractivity contribution is -0.154. The molecule has 0 spiro atoms. The van der Waals surface area contributed by atoms with Crippen LogP contribution < -0.4 is 20.1 Å². The van der Waals surface area contributed by atoms with Gasteiger partial charge in [-0.25, -0.2) is 9.37 Å². The van der Waals surface area contributed by atoms with E-state index in [1.165, 1.54) is 18.2 Å². The number of hydrogen-bond acceptors (Lipinski definition) is 6. The molecule has 2 amide bonds. The molecule has 0 bridgehead atoms. The lowest BCUT2D eigenvalue weighted by atomic mass is 10.1. The van der Waals surface area contributed by atoms with Gasteiger partial charge in [-0.2, -0.15) is 18.2 Å². The Labute approximate surface area is 216 Å². The highest BCUT2D eigenvalue weighted by molar-refractivity contribution is 5.97. The molecule has 0 aliphatic heterocycles. The van der Waals surface area contributed by atoms with Gasteiger partial charge in [-0.3, -0.25) is 9.59 Å². The average Bonchev–Trinajstić information content (AvgIpc) is 2.83. The van der Waals surface area contributed by atoms with Gasteiger partial charge in [-0.1, -0.05) is 13.8 Å². The van der Waals surface area contributed by atoms with E-state index in [-0.39, 0.29) is 29.0 Å². The van der Waals surface area contributed by atoms with E-state index in [0.29, 0.717) is 17.1 Å². The third kappa shape index (κ3) is 8.15. The summed E-state index contributed by atoms with van der Waals surface area (Å²) in [6.07, 6.45) is -4.60. The lowest BCUT2D eigenvalue weighted by Crippen LogP contribution is -2.28. The number of pyridine rings is 2. The second-order valence-electron chi connectivity index (χ2n) is 8.73. The number of nitrogens with zero attached hydrogens (tertiary/aromatic N) is 2. The summed E-state index contributed by atoms with van der Waals surface area (Å²) in [7, 11) is 0. The first-order valence-corrected chi connectivity index (χ1v) is 11.5. The molecule has 2 N–H and O–H groups in total. The maximum Gasteiger partial charge on any atom is 0.422 e. The molecule has 38 heavy (non-hydrogen) atoms. The van der Waals surface area contributed by atoms with E-state index in [4.69, 9.17) is 4.74 Å². The van der Waals surface area contributed by atoms with Crippen molar-refractivity contribution in [1.29, 1.82) is 0 Å². The highest BCUT2D eigenvalue weighted by atomic mass is 19.4. The number of ether oxygens (including phenoxy) is 2. The maximum absolute atomic E-state index is 13.3. The first kappa shape index (κ1) is 28.4. The fourth-order valence-corrected chi connectivity index (χ4v) is 3.16. The Morgan fingerprint density at radius 3 is 2.32 bits per heavy atom. The molecule has 2 heterocycles. The zero-order valence-corrected chi connectivity index (χ0v) is 21.0. The fraction of sp³-hybridized carbons (Fsp3) is 0.308. The summed E-state index contributed by atoms with van der Waals surface area (Å²) in [5.74, 6) is -1.98. The molecule has 3 rings (SSSR count). The number of aromatic nitrogens is 2. The van der Waals surface area contributed by atoms with Gasteiger partial charge in [0.05, 0.1) is 6.04 Å². The lowest BCUT2D eigenvalue weighted by Gasteiger charge is -2.18. The van der Waals surface area contributed by atoms with Gasteiger partial charge in [0.1, 0.15) is 22.9 Å². The summed E-state index contributed by atoms with van der Waals surface area (Å²) in [6, 6.07) is 9.89. The van der Waals surface area contributed by atoms with Crippen LogP contribution in [0, 0.1) is 18.7 Å². The second kappa shape index (κ2) is 11.9. The molecule has 0 fully saturated rings. The zero-order chi connectivity index (χ0) is 28.0. The largest absolute Gasteiger partial charge is 0.468 e. The van der Waals surface area contributed by atoms with E-state index in [1.807, 2.05) is 0 Å². The van der Waals surface area contributed by atoms with Crippen molar-refractivity contribution in [3.05, 3.63) is 71.2 Å². The molecule has 1 aromatic carbocycles. The van der Waals surface area contributed by atoms with Gasteiger partial charge in [-0.15, -0.1) is 0 Å². The van der Waals surface area contributed by atoms with Gasteiger partial charge in [-0.05, 0) is 61.9 Å². The van der Waals surface area contributed by atoms with Crippen LogP contribution >= 0.6 is 0 Å². The molecule has 0 aliphatic carbocycles. The maximum atomic E-state index is 13.3. The Morgan fingerprint density at radius 1 is 1.00 bits per heavy atom. The number of alkyl halides is 3. The van der Waals surface area contributed by atoms with Crippen LogP contribution in [0.5, 0.6) is 17.5 Å². The number of nitrogens with one attached hydrogen (secondary N) is 2. The van der Waals surface area contributed by atoms with Gasteiger partial charge in [0.2, 0.25) is 17.7 Å². The summed E-state index contributed by atoms with van der Waals surface area (Å²) in [5.41, 5.74) is 1.15. The van der Waals surface area contributed by atoms with Crippen molar-refractivity contribution in [2.45, 2.75) is 39.9 Å². The van der Waals surface area contributed by atoms with Crippen LogP contribution in [0.2, 0.25) is 0 Å². The predicted molar refractivity (Wildman–Crippen MR) is 131 cm³/mol. The molecule has 0 aliphatic rings. The molecule has 202 valence electrons. The Morgan fingerprint density at radius 2 is 1.68 bits per heavy atom. The summed E-state index contributed by atoms with van der Waals surface area (Å²) < 4.78 is 61.3. The Bertz CT molecular complexity index is 1300. The number of carbonyl (C=O) groups is 2. The van der Waals surface area contributed by atoms with Crippen LogP contribution in [0.25, 0.3) is 0 Å². The van der Waals surface area contributed by atoms with Crippen molar-refractivity contribution >= 4 is 17.6 Å². The summed E-state index contributed by atoms with van der Waals surface area (Å²) >= 11 is 0. The number of carbonyl (C=O) groups excluding carboxylic acids is 2. The van der Waals surface area contributed by atoms with Gasteiger partial charge in [0.25, 0.3) is 5.91 Å². The van der Waals surface area contributed by atoms with Gasteiger partial charge < -0.3 is 20.1 Å². The zero-order valence-electron chi connectivity index (χ0n) is 21.0. The summed E-state index contributed by atoms with van der Waals surface area (Å²) in [6.45, 7) is 5.34. The van der Waals surface area contributed by atoms with E-state index >= 15 is 0 Å². The SMILES string of the molecule is Cc1cc(C(C)NC(=O)c2ccc(OCC(F)(F)F)nc2Oc2ccc(F)cc2)cc(NC(=O)C(C)C)n1. The number of amides is 2. The number of benzene rings is 1. The quantitative estimate of drug-likeness (QED) is 0.339. The second-order valence-corrected chi connectivity index (χ2v) is 8.73. The molecule has 1 unspecified atom stereocenters. The normalized spacial score (nSPS) is 12.1. The van der Waals surface area contributed by atoms with Crippen molar-refractivity contribution < 1.29 is 36.6 Å². The molecular formula is C26H26F4N4O4. The monoisotopic (exact) mass is 534 g/mol. The van der Waals surface area contributed by atoms with Crippen LogP contribution in [0.3, 0.4) is 0 Å². The number of rotatable bonds is 9. The average molecular weight is 535 g/mol. The van der Waals surface area contributed by atoms with E-state index in [2.05, 4.69) is 25.3 Å². The van der Waals surface area contributed by atoms with E-state index in [0.717, 1.165) is 18.2 Å². The molecule has 0 saturated carbocycles. The first-order chi connectivity index (χ1) is 17.8. The van der Waals surface area contributed by atoms with Crippen LogP contribution in [0.4, 0.5) is 23.4 Å². The molecule has 3 aromatic rings. The first-order valence-electron chi connectivity index (χ1n) is 11.5. The topological polar surface area (TPSA) is 102 Å². The van der Waals surface area contributed by atoms with Crippen LogP contribution in [-0.4, -0.2) is 34.6 Å². The molecular weight excluding hydrogens is 508 g/mol. The summed E-state index contributed by atoms with van der Waals surface area (Å²) in [5, 5.41) is 5.49. The Hall–Kier alpha value is -4.22. The molecule has 0 saturated heterocycles. The summed E-state index contributed by atoms with van der Waals surface area (Å²) in [4.78, 5) is 33.4. The van der Waals surface area contributed by atoms with Crippen LogP contribution in [-0.2, 0) is 4.79 Å². The third-order valence-corrected chi connectivity index (χ3v) is 5.09. The van der Waals surface area contributed by atoms with Crippen molar-refractivity contribution in [3.63, 3.8) is 0 Å². The Kier molecular flexibility index (Phi) is 8.87. The number of halogens is 4. The van der Waals surface area contributed by atoms with Crippen LogP contribution in [0.1, 0.15) is 48.4 Å². The molecule has 1 atom stereocenters. The van der Waals surface area contributed by atoms with Crippen molar-refractivity contribution in [1.82, 2.24) is 15.3 Å². The van der Waals surface area contributed by atoms with Crippen molar-refractivity contribution in [3.8, 4) is 17.5 Å². The molecule has 12 heteroatoms. The van der Waals surface area contributed by atoms with E-state index in [1.54, 1.807) is 39.8 Å². The number of aryl methyl sites for hydroxylation is 1.